The van der Waals surface area contributed by atoms with Crippen LogP contribution >= 0.6 is 0 Å². The number of hydrogen-bond acceptors (Lipinski definition) is 1. The summed E-state index contributed by atoms with van der Waals surface area (Å²) in [7, 11) is 0. The topological polar surface area (TPSA) is 12.0 Å². The standard InChI is InChI=1S/C14H23N/c1-4-8-13(11-15-5-2)14-10-7-6-9-12(14)3/h6-7,9-10,13,15H,4-5,8,11H2,1-3H3. The van der Waals surface area contributed by atoms with E-state index in [1.54, 1.807) is 0 Å². The summed E-state index contributed by atoms with van der Waals surface area (Å²) in [4.78, 5) is 0. The molecule has 0 aromatic heterocycles. The molecule has 0 aliphatic heterocycles. The minimum absolute atomic E-state index is 0.677. The second-order valence-corrected chi connectivity index (χ2v) is 4.15. The summed E-state index contributed by atoms with van der Waals surface area (Å²) < 4.78 is 0. The van der Waals surface area contributed by atoms with Gasteiger partial charge in [0.2, 0.25) is 0 Å². The highest BCUT2D eigenvalue weighted by atomic mass is 14.8. The minimum atomic E-state index is 0.677. The van der Waals surface area contributed by atoms with Gasteiger partial charge in [-0.1, -0.05) is 44.5 Å². The van der Waals surface area contributed by atoms with Gasteiger partial charge in [-0.15, -0.1) is 0 Å². The van der Waals surface area contributed by atoms with E-state index in [0.29, 0.717) is 5.92 Å². The van der Waals surface area contributed by atoms with Gasteiger partial charge in [-0.2, -0.15) is 0 Å². The third-order valence-electron chi connectivity index (χ3n) is 2.91. The van der Waals surface area contributed by atoms with E-state index in [9.17, 15) is 0 Å². The van der Waals surface area contributed by atoms with E-state index in [-0.39, 0.29) is 0 Å². The van der Waals surface area contributed by atoms with Gasteiger partial charge in [0.15, 0.2) is 0 Å². The van der Waals surface area contributed by atoms with Crippen LogP contribution in [0.5, 0.6) is 0 Å². The lowest BCUT2D eigenvalue weighted by atomic mass is 9.91. The van der Waals surface area contributed by atoms with Crippen molar-refractivity contribution in [3.63, 3.8) is 0 Å². The normalized spacial score (nSPS) is 12.7. The SMILES string of the molecule is CCCC(CNCC)c1ccccc1C. The quantitative estimate of drug-likeness (QED) is 0.749. The van der Waals surface area contributed by atoms with Crippen molar-refractivity contribution in [2.75, 3.05) is 13.1 Å². The average Bonchev–Trinajstić information content (AvgIpc) is 2.25. The molecule has 1 aromatic rings. The number of benzene rings is 1. The lowest BCUT2D eigenvalue weighted by Gasteiger charge is -2.19. The molecule has 0 amide bonds. The van der Waals surface area contributed by atoms with Crippen molar-refractivity contribution in [2.24, 2.45) is 0 Å². The molecular weight excluding hydrogens is 182 g/mol. The zero-order valence-corrected chi connectivity index (χ0v) is 10.2. The molecule has 0 spiro atoms. The smallest absolute Gasteiger partial charge is 0.00201 e. The second kappa shape index (κ2) is 6.62. The fourth-order valence-electron chi connectivity index (χ4n) is 2.08. The van der Waals surface area contributed by atoms with Gasteiger partial charge < -0.3 is 5.32 Å². The van der Waals surface area contributed by atoms with E-state index in [4.69, 9.17) is 0 Å². The Morgan fingerprint density at radius 3 is 2.53 bits per heavy atom. The molecule has 1 aromatic carbocycles. The summed E-state index contributed by atoms with van der Waals surface area (Å²) in [5.41, 5.74) is 2.94. The van der Waals surface area contributed by atoms with E-state index < -0.39 is 0 Å². The maximum Gasteiger partial charge on any atom is 0.00201 e. The molecule has 0 aliphatic carbocycles. The Balaban J connectivity index is 2.74. The first-order valence-electron chi connectivity index (χ1n) is 6.05. The maximum atomic E-state index is 3.46. The molecule has 0 heterocycles. The molecule has 1 unspecified atom stereocenters. The first-order chi connectivity index (χ1) is 7.29. The molecule has 15 heavy (non-hydrogen) atoms. The first kappa shape index (κ1) is 12.3. The highest BCUT2D eigenvalue weighted by molar-refractivity contribution is 5.29. The summed E-state index contributed by atoms with van der Waals surface area (Å²) in [5, 5.41) is 3.46. The van der Waals surface area contributed by atoms with Crippen LogP contribution in [0.3, 0.4) is 0 Å². The van der Waals surface area contributed by atoms with Crippen LogP contribution < -0.4 is 5.32 Å². The average molecular weight is 205 g/mol. The van der Waals surface area contributed by atoms with Crippen molar-refractivity contribution in [3.8, 4) is 0 Å². The van der Waals surface area contributed by atoms with Crippen molar-refractivity contribution in [1.29, 1.82) is 0 Å². The van der Waals surface area contributed by atoms with Gasteiger partial charge >= 0.3 is 0 Å². The molecule has 0 saturated heterocycles. The fourth-order valence-corrected chi connectivity index (χ4v) is 2.08. The van der Waals surface area contributed by atoms with Crippen molar-refractivity contribution >= 4 is 0 Å². The largest absolute Gasteiger partial charge is 0.316 e. The lowest BCUT2D eigenvalue weighted by Crippen LogP contribution is -2.21. The Kier molecular flexibility index (Phi) is 5.41. The van der Waals surface area contributed by atoms with Crippen LogP contribution in [0.4, 0.5) is 0 Å². The lowest BCUT2D eigenvalue weighted by molar-refractivity contribution is 0.553. The van der Waals surface area contributed by atoms with Crippen molar-refractivity contribution in [1.82, 2.24) is 5.32 Å². The van der Waals surface area contributed by atoms with E-state index >= 15 is 0 Å². The number of hydrogen-bond donors (Lipinski definition) is 1. The third-order valence-corrected chi connectivity index (χ3v) is 2.91. The molecule has 1 heteroatoms. The first-order valence-corrected chi connectivity index (χ1v) is 6.05. The van der Waals surface area contributed by atoms with E-state index in [1.165, 1.54) is 24.0 Å². The van der Waals surface area contributed by atoms with Crippen LogP contribution in [-0.2, 0) is 0 Å². The number of likely N-dealkylation sites (N-methyl/N-ethyl adjacent to an activating group) is 1. The van der Waals surface area contributed by atoms with Gasteiger partial charge in [-0.3, -0.25) is 0 Å². The second-order valence-electron chi connectivity index (χ2n) is 4.15. The zero-order chi connectivity index (χ0) is 11.1. The van der Waals surface area contributed by atoms with Crippen LogP contribution in [0.1, 0.15) is 43.7 Å². The fraction of sp³-hybridized carbons (Fsp3) is 0.571. The number of aryl methyl sites for hydroxylation is 1. The molecule has 0 bridgehead atoms. The highest BCUT2D eigenvalue weighted by Crippen LogP contribution is 2.23. The molecule has 1 nitrogen and oxygen atoms in total. The highest BCUT2D eigenvalue weighted by Gasteiger charge is 2.11. The molecule has 0 aliphatic rings. The predicted octanol–water partition coefficient (Wildman–Crippen LogP) is 3.49. The van der Waals surface area contributed by atoms with Gasteiger partial charge in [0.05, 0.1) is 0 Å². The molecule has 1 rings (SSSR count). The van der Waals surface area contributed by atoms with Crippen molar-refractivity contribution < 1.29 is 0 Å². The Hall–Kier alpha value is -0.820. The molecule has 0 radical (unpaired) electrons. The maximum absolute atomic E-state index is 3.46. The van der Waals surface area contributed by atoms with Crippen molar-refractivity contribution in [3.05, 3.63) is 35.4 Å². The molecule has 0 fully saturated rings. The van der Waals surface area contributed by atoms with Gasteiger partial charge in [0.1, 0.15) is 0 Å². The van der Waals surface area contributed by atoms with Crippen molar-refractivity contribution in [2.45, 2.75) is 39.5 Å². The van der Waals surface area contributed by atoms with E-state index in [0.717, 1.165) is 13.1 Å². The Labute approximate surface area is 93.9 Å². The van der Waals surface area contributed by atoms with Crippen LogP contribution in [0.15, 0.2) is 24.3 Å². The van der Waals surface area contributed by atoms with Crippen LogP contribution in [0, 0.1) is 6.92 Å². The molecule has 84 valence electrons. The summed E-state index contributed by atoms with van der Waals surface area (Å²) >= 11 is 0. The Morgan fingerprint density at radius 1 is 1.20 bits per heavy atom. The molecule has 1 atom stereocenters. The molecular formula is C14H23N. The number of rotatable bonds is 6. The molecule has 0 saturated carbocycles. The summed E-state index contributed by atoms with van der Waals surface area (Å²) in [6.45, 7) is 8.81. The zero-order valence-electron chi connectivity index (χ0n) is 10.2. The number of nitrogens with one attached hydrogen (secondary N) is 1. The summed E-state index contributed by atoms with van der Waals surface area (Å²) in [6.07, 6.45) is 2.53. The Bertz CT molecular complexity index is 280. The summed E-state index contributed by atoms with van der Waals surface area (Å²) in [5.74, 6) is 0.677. The molecule has 1 N–H and O–H groups in total. The van der Waals surface area contributed by atoms with Gasteiger partial charge in [0, 0.05) is 6.54 Å². The van der Waals surface area contributed by atoms with Crippen LogP contribution in [0.25, 0.3) is 0 Å². The third kappa shape index (κ3) is 3.67. The van der Waals surface area contributed by atoms with Gasteiger partial charge in [0.25, 0.3) is 0 Å². The monoisotopic (exact) mass is 205 g/mol. The minimum Gasteiger partial charge on any atom is -0.316 e. The van der Waals surface area contributed by atoms with Crippen LogP contribution in [-0.4, -0.2) is 13.1 Å². The van der Waals surface area contributed by atoms with Gasteiger partial charge in [-0.05, 0) is 36.9 Å². The van der Waals surface area contributed by atoms with E-state index in [1.807, 2.05) is 0 Å². The Morgan fingerprint density at radius 2 is 1.93 bits per heavy atom. The summed E-state index contributed by atoms with van der Waals surface area (Å²) in [6, 6.07) is 8.75. The predicted molar refractivity (Wildman–Crippen MR) is 67.4 cm³/mol. The van der Waals surface area contributed by atoms with Gasteiger partial charge in [-0.25, -0.2) is 0 Å². The van der Waals surface area contributed by atoms with Crippen LogP contribution in [0.2, 0.25) is 0 Å². The van der Waals surface area contributed by atoms with E-state index in [2.05, 4.69) is 50.4 Å².